The van der Waals surface area contributed by atoms with Gasteiger partial charge in [0.2, 0.25) is 0 Å². The number of hydrogen-bond donors (Lipinski definition) is 1. The van der Waals surface area contributed by atoms with E-state index in [-0.39, 0.29) is 12.0 Å². The first-order chi connectivity index (χ1) is 7.33. The molecule has 2 aliphatic heterocycles. The van der Waals surface area contributed by atoms with Gasteiger partial charge < -0.3 is 10.1 Å². The van der Waals surface area contributed by atoms with Gasteiger partial charge >= 0.3 is 5.97 Å². The van der Waals surface area contributed by atoms with E-state index in [0.717, 1.165) is 45.3 Å². The molecule has 2 fully saturated rings. The standard InChI is InChI=1S/C11H20N2O2/c1-15-11(14)10-3-2-8-13(10)9-4-6-12-7-5-9/h9-10,12H,2-8H2,1H3/t10-/m1/s1. The summed E-state index contributed by atoms with van der Waals surface area (Å²) in [6.07, 6.45) is 4.42. The Morgan fingerprint density at radius 1 is 1.33 bits per heavy atom. The molecule has 0 unspecified atom stereocenters. The van der Waals surface area contributed by atoms with Crippen LogP contribution in [-0.2, 0) is 9.53 Å². The Labute approximate surface area is 91.0 Å². The summed E-state index contributed by atoms with van der Waals surface area (Å²) in [6, 6.07) is 0.607. The monoisotopic (exact) mass is 212 g/mol. The van der Waals surface area contributed by atoms with Crippen molar-refractivity contribution in [2.45, 2.75) is 37.8 Å². The lowest BCUT2D eigenvalue weighted by atomic mass is 10.0. The van der Waals surface area contributed by atoms with Crippen LogP contribution >= 0.6 is 0 Å². The van der Waals surface area contributed by atoms with Gasteiger partial charge in [0.25, 0.3) is 0 Å². The summed E-state index contributed by atoms with van der Waals surface area (Å²) in [5, 5.41) is 3.35. The molecule has 0 spiro atoms. The summed E-state index contributed by atoms with van der Waals surface area (Å²) in [5.74, 6) is -0.0500. The SMILES string of the molecule is COC(=O)[C@H]1CCCN1C1CCNCC1. The van der Waals surface area contributed by atoms with Crippen LogP contribution in [0.5, 0.6) is 0 Å². The molecule has 0 aliphatic carbocycles. The number of ether oxygens (including phenoxy) is 1. The van der Waals surface area contributed by atoms with Crippen LogP contribution in [0.4, 0.5) is 0 Å². The summed E-state index contributed by atoms with van der Waals surface area (Å²) in [4.78, 5) is 13.9. The van der Waals surface area contributed by atoms with Crippen molar-refractivity contribution in [1.82, 2.24) is 10.2 Å². The van der Waals surface area contributed by atoms with Gasteiger partial charge in [-0.2, -0.15) is 0 Å². The number of nitrogens with zero attached hydrogens (tertiary/aromatic N) is 1. The number of nitrogens with one attached hydrogen (secondary N) is 1. The fraction of sp³-hybridized carbons (Fsp3) is 0.909. The van der Waals surface area contributed by atoms with Gasteiger partial charge in [0.1, 0.15) is 6.04 Å². The number of esters is 1. The molecule has 2 heterocycles. The van der Waals surface area contributed by atoms with E-state index in [1.54, 1.807) is 0 Å². The second-order valence-electron chi connectivity index (χ2n) is 4.40. The van der Waals surface area contributed by atoms with Crippen LogP contribution in [-0.4, -0.2) is 49.7 Å². The molecule has 86 valence electrons. The number of methoxy groups -OCH3 is 1. The van der Waals surface area contributed by atoms with Crippen molar-refractivity contribution in [3.05, 3.63) is 0 Å². The molecule has 1 atom stereocenters. The summed E-state index contributed by atoms with van der Waals surface area (Å²) in [6.45, 7) is 3.22. The molecular weight excluding hydrogens is 192 g/mol. The molecule has 0 bridgehead atoms. The van der Waals surface area contributed by atoms with Gasteiger partial charge in [0.05, 0.1) is 7.11 Å². The highest BCUT2D eigenvalue weighted by molar-refractivity contribution is 5.76. The van der Waals surface area contributed by atoms with Crippen LogP contribution < -0.4 is 5.32 Å². The molecule has 2 saturated heterocycles. The Hall–Kier alpha value is -0.610. The van der Waals surface area contributed by atoms with E-state index in [4.69, 9.17) is 4.74 Å². The maximum absolute atomic E-state index is 11.6. The lowest BCUT2D eigenvalue weighted by Crippen LogP contribution is -2.48. The van der Waals surface area contributed by atoms with Crippen LogP contribution in [0.3, 0.4) is 0 Å². The first-order valence-corrected chi connectivity index (χ1v) is 5.87. The molecule has 0 saturated carbocycles. The number of rotatable bonds is 2. The summed E-state index contributed by atoms with van der Waals surface area (Å²) < 4.78 is 4.86. The lowest BCUT2D eigenvalue weighted by molar-refractivity contribution is -0.146. The van der Waals surface area contributed by atoms with Crippen molar-refractivity contribution >= 4 is 5.97 Å². The van der Waals surface area contributed by atoms with Crippen LogP contribution in [0, 0.1) is 0 Å². The molecule has 4 heteroatoms. The van der Waals surface area contributed by atoms with Crippen molar-refractivity contribution in [3.63, 3.8) is 0 Å². The Bertz CT molecular complexity index is 227. The summed E-state index contributed by atoms with van der Waals surface area (Å²) in [7, 11) is 1.49. The van der Waals surface area contributed by atoms with Crippen LogP contribution in [0.25, 0.3) is 0 Å². The second-order valence-corrected chi connectivity index (χ2v) is 4.40. The molecule has 2 aliphatic rings. The quantitative estimate of drug-likeness (QED) is 0.672. The van der Waals surface area contributed by atoms with Crippen molar-refractivity contribution in [3.8, 4) is 0 Å². The third-order valence-electron chi connectivity index (χ3n) is 3.55. The van der Waals surface area contributed by atoms with Crippen LogP contribution in [0.2, 0.25) is 0 Å². The van der Waals surface area contributed by atoms with Gasteiger partial charge in [0, 0.05) is 6.04 Å². The van der Waals surface area contributed by atoms with E-state index in [1.165, 1.54) is 7.11 Å². The first kappa shape index (κ1) is 10.9. The number of piperidine rings is 1. The molecule has 0 aromatic rings. The number of carbonyl (C=O) groups is 1. The Balaban J connectivity index is 1.97. The Kier molecular flexibility index (Phi) is 3.59. The minimum absolute atomic E-state index is 0.0260. The van der Waals surface area contributed by atoms with Gasteiger partial charge in [-0.25, -0.2) is 0 Å². The van der Waals surface area contributed by atoms with Gasteiger partial charge in [-0.3, -0.25) is 9.69 Å². The molecule has 1 N–H and O–H groups in total. The van der Waals surface area contributed by atoms with E-state index in [0.29, 0.717) is 6.04 Å². The third kappa shape index (κ3) is 2.32. The zero-order chi connectivity index (χ0) is 10.7. The molecule has 4 nitrogen and oxygen atoms in total. The first-order valence-electron chi connectivity index (χ1n) is 5.87. The highest BCUT2D eigenvalue weighted by Gasteiger charge is 2.36. The lowest BCUT2D eigenvalue weighted by Gasteiger charge is -2.34. The maximum atomic E-state index is 11.6. The maximum Gasteiger partial charge on any atom is 0.323 e. The number of hydrogen-bond acceptors (Lipinski definition) is 4. The van der Waals surface area contributed by atoms with Crippen molar-refractivity contribution in [2.75, 3.05) is 26.7 Å². The van der Waals surface area contributed by atoms with Gasteiger partial charge in [-0.05, 0) is 45.3 Å². The van der Waals surface area contributed by atoms with Crippen molar-refractivity contribution in [2.24, 2.45) is 0 Å². The van der Waals surface area contributed by atoms with Gasteiger partial charge in [-0.15, -0.1) is 0 Å². The minimum Gasteiger partial charge on any atom is -0.468 e. The molecule has 15 heavy (non-hydrogen) atoms. The predicted octanol–water partition coefficient (Wildman–Crippen LogP) is 0.376. The zero-order valence-corrected chi connectivity index (χ0v) is 9.37. The fourth-order valence-corrected chi connectivity index (χ4v) is 2.75. The van der Waals surface area contributed by atoms with Crippen molar-refractivity contribution < 1.29 is 9.53 Å². The Morgan fingerprint density at radius 3 is 2.73 bits per heavy atom. The molecule has 2 rings (SSSR count). The highest BCUT2D eigenvalue weighted by atomic mass is 16.5. The summed E-state index contributed by atoms with van der Waals surface area (Å²) in [5.41, 5.74) is 0. The summed E-state index contributed by atoms with van der Waals surface area (Å²) >= 11 is 0. The van der Waals surface area contributed by atoms with Gasteiger partial charge in [0.15, 0.2) is 0 Å². The zero-order valence-electron chi connectivity index (χ0n) is 9.37. The highest BCUT2D eigenvalue weighted by Crippen LogP contribution is 2.24. The minimum atomic E-state index is -0.0500. The van der Waals surface area contributed by atoms with E-state index >= 15 is 0 Å². The fourth-order valence-electron chi connectivity index (χ4n) is 2.75. The number of likely N-dealkylation sites (tertiary alicyclic amines) is 1. The van der Waals surface area contributed by atoms with Crippen LogP contribution in [0.1, 0.15) is 25.7 Å². The average molecular weight is 212 g/mol. The van der Waals surface area contributed by atoms with E-state index in [1.807, 2.05) is 0 Å². The molecule has 0 aromatic heterocycles. The van der Waals surface area contributed by atoms with Crippen molar-refractivity contribution in [1.29, 1.82) is 0 Å². The normalized spacial score (nSPS) is 29.3. The predicted molar refractivity (Wildman–Crippen MR) is 57.6 cm³/mol. The van der Waals surface area contributed by atoms with E-state index in [9.17, 15) is 4.79 Å². The molecule has 0 amide bonds. The molecule has 0 aromatic carbocycles. The second kappa shape index (κ2) is 4.94. The topological polar surface area (TPSA) is 41.6 Å². The molecule has 0 radical (unpaired) electrons. The van der Waals surface area contributed by atoms with E-state index < -0.39 is 0 Å². The third-order valence-corrected chi connectivity index (χ3v) is 3.55. The number of carbonyl (C=O) groups excluding carboxylic acids is 1. The van der Waals surface area contributed by atoms with Gasteiger partial charge in [-0.1, -0.05) is 0 Å². The van der Waals surface area contributed by atoms with E-state index in [2.05, 4.69) is 10.2 Å². The molecular formula is C11H20N2O2. The Morgan fingerprint density at radius 2 is 2.07 bits per heavy atom. The largest absolute Gasteiger partial charge is 0.468 e. The van der Waals surface area contributed by atoms with Crippen LogP contribution in [0.15, 0.2) is 0 Å². The smallest absolute Gasteiger partial charge is 0.323 e. The average Bonchev–Trinajstić information content (AvgIpc) is 2.78.